The van der Waals surface area contributed by atoms with Gasteiger partial charge in [-0.1, -0.05) is 12.2 Å². The van der Waals surface area contributed by atoms with Gasteiger partial charge in [0.15, 0.2) is 29.9 Å². The lowest BCUT2D eigenvalue weighted by molar-refractivity contribution is -0.166. The van der Waals surface area contributed by atoms with Crippen molar-refractivity contribution in [1.82, 2.24) is 19.5 Å². The van der Waals surface area contributed by atoms with Crippen LogP contribution in [0.25, 0.3) is 11.2 Å². The molecule has 5 atom stereocenters. The Balaban J connectivity index is 1.74. The van der Waals surface area contributed by atoms with Crippen molar-refractivity contribution >= 4 is 40.8 Å². The van der Waals surface area contributed by atoms with Gasteiger partial charge in [-0.3, -0.25) is 24.2 Å². The molecule has 194 valence electrons. The molecule has 0 amide bonds. The molecule has 2 aliphatic rings. The molecule has 0 bridgehead atoms. The monoisotopic (exact) mass is 504 g/mol. The lowest BCUT2D eigenvalue weighted by Crippen LogP contribution is -2.40. The molecule has 1 aliphatic heterocycles. The van der Waals surface area contributed by atoms with Crippen LogP contribution in [-0.2, 0) is 33.3 Å². The molecule has 1 fully saturated rings. The third-order valence-corrected chi connectivity index (χ3v) is 5.80. The Labute approximate surface area is 205 Å². The number of hydrogen-bond donors (Lipinski definition) is 2. The number of allylic oxidation sites excluding steroid dienone is 1. The summed E-state index contributed by atoms with van der Waals surface area (Å²) in [6.07, 6.45) is 3.48. The van der Waals surface area contributed by atoms with Crippen LogP contribution in [-0.4, -0.2) is 73.6 Å². The number of hydrogen-bond acceptors (Lipinski definition) is 13. The van der Waals surface area contributed by atoms with E-state index in [1.807, 2.05) is 12.2 Å². The zero-order valence-electron chi connectivity index (χ0n) is 20.1. The van der Waals surface area contributed by atoms with Crippen LogP contribution in [0.1, 0.15) is 46.3 Å². The summed E-state index contributed by atoms with van der Waals surface area (Å²) in [5, 5.41) is 11.7. The van der Waals surface area contributed by atoms with Gasteiger partial charge < -0.3 is 24.7 Å². The lowest BCUT2D eigenvalue weighted by Gasteiger charge is -2.26. The number of nitrogen functional groups attached to an aromatic ring is 1. The van der Waals surface area contributed by atoms with Crippen molar-refractivity contribution in [2.24, 2.45) is 0 Å². The van der Waals surface area contributed by atoms with Crippen LogP contribution in [0.4, 0.5) is 11.8 Å². The van der Waals surface area contributed by atoms with Gasteiger partial charge in [-0.25, -0.2) is 10.0 Å². The minimum Gasteiger partial charge on any atom is -0.463 e. The molecule has 0 saturated carbocycles. The minimum atomic E-state index is -1.13. The zero-order chi connectivity index (χ0) is 26.0. The molecule has 3 N–H and O–H groups in total. The van der Waals surface area contributed by atoms with Crippen molar-refractivity contribution in [2.45, 2.75) is 70.6 Å². The Morgan fingerprint density at radius 3 is 2.53 bits per heavy atom. The van der Waals surface area contributed by atoms with E-state index in [-0.39, 0.29) is 35.6 Å². The standard InChI is InChI=1S/C22H28N6O8/c1-11(29)33-9-15-17(34-12(2)30)18(35-13(3)31)21(36-15)27-10-24-16-19(23)25-22(26-20(16)27)28(32)14-7-5-4-6-8-14/h5,7,10,14-15,17-18,21,32H,4,6,8-9H2,1-3H3,(H2,23,25,26)/t14?,15-,17-,18-,21-/m1/s1. The Morgan fingerprint density at radius 2 is 1.89 bits per heavy atom. The van der Waals surface area contributed by atoms with E-state index in [2.05, 4.69) is 15.0 Å². The number of nitrogens with zero attached hydrogens (tertiary/aromatic N) is 5. The van der Waals surface area contributed by atoms with E-state index in [1.165, 1.54) is 31.7 Å². The number of carbonyl (C=O) groups excluding carboxylic acids is 3. The molecule has 14 nitrogen and oxygen atoms in total. The van der Waals surface area contributed by atoms with Crippen LogP contribution in [0.3, 0.4) is 0 Å². The number of esters is 3. The molecular formula is C22H28N6O8. The molecule has 1 saturated heterocycles. The van der Waals surface area contributed by atoms with Crippen molar-refractivity contribution in [1.29, 1.82) is 0 Å². The maximum atomic E-state index is 11.9. The van der Waals surface area contributed by atoms with Gasteiger partial charge in [-0.05, 0) is 19.3 Å². The average molecular weight is 505 g/mol. The van der Waals surface area contributed by atoms with Crippen LogP contribution in [0.15, 0.2) is 18.5 Å². The van der Waals surface area contributed by atoms with Crippen molar-refractivity contribution in [3.8, 4) is 0 Å². The first kappa shape index (κ1) is 25.3. The van der Waals surface area contributed by atoms with Crippen LogP contribution < -0.4 is 10.8 Å². The summed E-state index contributed by atoms with van der Waals surface area (Å²) in [5.74, 6) is -1.89. The number of ether oxygens (including phenoxy) is 4. The van der Waals surface area contributed by atoms with Crippen LogP contribution in [0.5, 0.6) is 0 Å². The highest BCUT2D eigenvalue weighted by Gasteiger charge is 2.51. The quantitative estimate of drug-likeness (QED) is 0.236. The molecule has 1 unspecified atom stereocenters. The molecule has 3 heterocycles. The summed E-state index contributed by atoms with van der Waals surface area (Å²) in [4.78, 5) is 48.0. The largest absolute Gasteiger partial charge is 0.463 e. The fraction of sp³-hybridized carbons (Fsp3) is 0.545. The van der Waals surface area contributed by atoms with Gasteiger partial charge in [0.1, 0.15) is 18.2 Å². The van der Waals surface area contributed by atoms with E-state index in [1.54, 1.807) is 0 Å². The number of aromatic nitrogens is 4. The highest BCUT2D eigenvalue weighted by molar-refractivity contribution is 5.83. The smallest absolute Gasteiger partial charge is 0.303 e. The molecular weight excluding hydrogens is 476 g/mol. The second-order valence-corrected chi connectivity index (χ2v) is 8.52. The first-order valence-electron chi connectivity index (χ1n) is 11.4. The first-order valence-corrected chi connectivity index (χ1v) is 11.4. The summed E-state index contributed by atoms with van der Waals surface area (Å²) >= 11 is 0. The Kier molecular flexibility index (Phi) is 7.35. The van der Waals surface area contributed by atoms with Crippen molar-refractivity contribution in [3.05, 3.63) is 18.5 Å². The maximum absolute atomic E-state index is 11.9. The summed E-state index contributed by atoms with van der Waals surface area (Å²) in [5.41, 5.74) is 6.53. The predicted molar refractivity (Wildman–Crippen MR) is 122 cm³/mol. The average Bonchev–Trinajstić information content (AvgIpc) is 3.39. The molecule has 36 heavy (non-hydrogen) atoms. The number of anilines is 2. The molecule has 1 aliphatic carbocycles. The van der Waals surface area contributed by atoms with Crippen LogP contribution in [0, 0.1) is 0 Å². The second-order valence-electron chi connectivity index (χ2n) is 8.52. The number of rotatable bonds is 7. The molecule has 2 aromatic rings. The Morgan fingerprint density at radius 1 is 1.17 bits per heavy atom. The normalized spacial score (nSPS) is 25.5. The summed E-state index contributed by atoms with van der Waals surface area (Å²) in [7, 11) is 0. The Hall–Kier alpha value is -3.78. The van der Waals surface area contributed by atoms with Gasteiger partial charge in [0, 0.05) is 20.8 Å². The number of hydroxylamine groups is 1. The van der Waals surface area contributed by atoms with E-state index >= 15 is 0 Å². The fourth-order valence-electron chi connectivity index (χ4n) is 4.28. The number of imidazole rings is 1. The van der Waals surface area contributed by atoms with Gasteiger partial charge in [-0.2, -0.15) is 9.97 Å². The summed E-state index contributed by atoms with van der Waals surface area (Å²) in [6, 6.07) is -0.329. The highest BCUT2D eigenvalue weighted by atomic mass is 16.7. The van der Waals surface area contributed by atoms with Gasteiger partial charge in [0.2, 0.25) is 0 Å². The predicted octanol–water partition coefficient (Wildman–Crippen LogP) is 1.04. The molecule has 14 heteroatoms. The topological polar surface area (TPSA) is 181 Å². The van der Waals surface area contributed by atoms with Crippen molar-refractivity contribution in [2.75, 3.05) is 17.4 Å². The van der Waals surface area contributed by atoms with E-state index in [4.69, 9.17) is 24.7 Å². The van der Waals surface area contributed by atoms with E-state index in [0.29, 0.717) is 6.42 Å². The van der Waals surface area contributed by atoms with Gasteiger partial charge in [-0.15, -0.1) is 0 Å². The second kappa shape index (κ2) is 10.5. The lowest BCUT2D eigenvalue weighted by atomic mass is 10.0. The van der Waals surface area contributed by atoms with Gasteiger partial charge in [0.25, 0.3) is 5.95 Å². The van der Waals surface area contributed by atoms with E-state index in [0.717, 1.165) is 17.9 Å². The molecule has 2 aromatic heterocycles. The van der Waals surface area contributed by atoms with E-state index < -0.39 is 42.4 Å². The molecule has 4 rings (SSSR count). The van der Waals surface area contributed by atoms with E-state index in [9.17, 15) is 19.6 Å². The first-order chi connectivity index (χ1) is 17.2. The van der Waals surface area contributed by atoms with Gasteiger partial charge >= 0.3 is 17.9 Å². The number of carbonyl (C=O) groups is 3. The van der Waals surface area contributed by atoms with Crippen molar-refractivity contribution < 1.29 is 38.5 Å². The SMILES string of the molecule is CC(=O)OC[C@H]1O[C@@H](n2cnc3c(N)nc(N(O)C4C=CCCC4)nc32)[C@H](OC(C)=O)[C@@H]1OC(C)=O. The van der Waals surface area contributed by atoms with Crippen LogP contribution >= 0.6 is 0 Å². The molecule has 0 radical (unpaired) electrons. The highest BCUT2D eigenvalue weighted by Crippen LogP contribution is 2.36. The summed E-state index contributed by atoms with van der Waals surface area (Å²) in [6.45, 7) is 3.37. The van der Waals surface area contributed by atoms with Crippen LogP contribution in [0.2, 0.25) is 0 Å². The fourth-order valence-corrected chi connectivity index (χ4v) is 4.28. The molecule has 0 spiro atoms. The van der Waals surface area contributed by atoms with Crippen molar-refractivity contribution in [3.63, 3.8) is 0 Å². The third kappa shape index (κ3) is 5.23. The van der Waals surface area contributed by atoms with Gasteiger partial charge in [0.05, 0.1) is 12.4 Å². The zero-order valence-corrected chi connectivity index (χ0v) is 20.1. The number of nitrogens with two attached hydrogens (primary N) is 1. The minimum absolute atomic E-state index is 0.0163. The Bertz CT molecular complexity index is 1180. The molecule has 0 aromatic carbocycles. The summed E-state index contributed by atoms with van der Waals surface area (Å²) < 4.78 is 23.4. The third-order valence-electron chi connectivity index (χ3n) is 5.80. The maximum Gasteiger partial charge on any atom is 0.303 e. The number of fused-ring (bicyclic) bond motifs is 1.